The van der Waals surface area contributed by atoms with E-state index in [0.717, 1.165) is 12.8 Å². The molecule has 5 nitrogen and oxygen atoms in total. The summed E-state index contributed by atoms with van der Waals surface area (Å²) in [6.45, 7) is 2.69. The summed E-state index contributed by atoms with van der Waals surface area (Å²) < 4.78 is 5.06. The quantitative estimate of drug-likeness (QED) is 0.675. The number of nitrogen functional groups attached to an aromatic ring is 1. The van der Waals surface area contributed by atoms with Gasteiger partial charge in [0.2, 0.25) is 0 Å². The molecule has 1 amide bonds. The number of esters is 1. The van der Waals surface area contributed by atoms with Crippen LogP contribution in [-0.4, -0.2) is 36.0 Å². The van der Waals surface area contributed by atoms with Crippen molar-refractivity contribution in [2.75, 3.05) is 18.9 Å². The van der Waals surface area contributed by atoms with Crippen LogP contribution in [-0.2, 0) is 9.53 Å². The Bertz CT molecular complexity index is 484. The number of carbonyl (C=O) groups is 2. The van der Waals surface area contributed by atoms with Crippen LogP contribution in [0.2, 0.25) is 0 Å². The standard InChI is InChI=1S/C15H20N2O3/c1-2-20-15(19)13-5-3-4-10-17(13)14(18)11-6-8-12(16)9-7-11/h6-9,13H,2-5,10,16H2,1H3. The number of hydrogen-bond acceptors (Lipinski definition) is 4. The average molecular weight is 276 g/mol. The van der Waals surface area contributed by atoms with E-state index in [2.05, 4.69) is 0 Å². The summed E-state index contributed by atoms with van der Waals surface area (Å²) in [5.74, 6) is -0.446. The molecule has 108 valence electrons. The minimum atomic E-state index is -0.464. The number of rotatable bonds is 3. The number of anilines is 1. The van der Waals surface area contributed by atoms with Crippen molar-refractivity contribution in [2.24, 2.45) is 0 Å². The number of ether oxygens (including phenoxy) is 1. The predicted molar refractivity (Wildman–Crippen MR) is 76.2 cm³/mol. The minimum absolute atomic E-state index is 0.136. The maximum Gasteiger partial charge on any atom is 0.328 e. The molecule has 0 saturated carbocycles. The first-order valence-corrected chi connectivity index (χ1v) is 6.96. The van der Waals surface area contributed by atoms with Gasteiger partial charge < -0.3 is 15.4 Å². The highest BCUT2D eigenvalue weighted by Gasteiger charge is 2.33. The van der Waals surface area contributed by atoms with Crippen molar-refractivity contribution in [3.05, 3.63) is 29.8 Å². The van der Waals surface area contributed by atoms with Crippen LogP contribution in [0, 0.1) is 0 Å². The number of piperidine rings is 1. The number of hydrogen-bond donors (Lipinski definition) is 1. The van der Waals surface area contributed by atoms with Gasteiger partial charge in [-0.15, -0.1) is 0 Å². The van der Waals surface area contributed by atoms with Crippen LogP contribution in [0.4, 0.5) is 5.69 Å². The SMILES string of the molecule is CCOC(=O)C1CCCCN1C(=O)c1ccc(N)cc1. The lowest BCUT2D eigenvalue weighted by Crippen LogP contribution is -2.48. The summed E-state index contributed by atoms with van der Waals surface area (Å²) in [5.41, 5.74) is 6.79. The molecule has 0 radical (unpaired) electrons. The van der Waals surface area contributed by atoms with Gasteiger partial charge in [-0.3, -0.25) is 4.79 Å². The van der Waals surface area contributed by atoms with Gasteiger partial charge in [0, 0.05) is 17.8 Å². The highest BCUT2D eigenvalue weighted by atomic mass is 16.5. The van der Waals surface area contributed by atoms with Crippen LogP contribution in [0.3, 0.4) is 0 Å². The molecule has 20 heavy (non-hydrogen) atoms. The monoisotopic (exact) mass is 276 g/mol. The number of amides is 1. The zero-order valence-electron chi connectivity index (χ0n) is 11.7. The van der Waals surface area contributed by atoms with Crippen molar-refractivity contribution < 1.29 is 14.3 Å². The van der Waals surface area contributed by atoms with Gasteiger partial charge in [0.25, 0.3) is 5.91 Å². The molecule has 0 aromatic heterocycles. The van der Waals surface area contributed by atoms with E-state index in [0.29, 0.717) is 30.8 Å². The van der Waals surface area contributed by atoms with Crippen LogP contribution in [0.15, 0.2) is 24.3 Å². The van der Waals surface area contributed by atoms with Gasteiger partial charge >= 0.3 is 5.97 Å². The topological polar surface area (TPSA) is 72.6 Å². The lowest BCUT2D eigenvalue weighted by atomic mass is 10.0. The van der Waals surface area contributed by atoms with Crippen LogP contribution < -0.4 is 5.73 Å². The Morgan fingerprint density at radius 2 is 2.00 bits per heavy atom. The summed E-state index contributed by atoms with van der Waals surface area (Å²) in [6, 6.07) is 6.30. The fourth-order valence-electron chi connectivity index (χ4n) is 2.45. The predicted octanol–water partition coefficient (Wildman–Crippen LogP) is 1.83. The van der Waals surface area contributed by atoms with Crippen LogP contribution in [0.1, 0.15) is 36.5 Å². The molecule has 2 N–H and O–H groups in total. The summed E-state index contributed by atoms with van der Waals surface area (Å²) in [5, 5.41) is 0. The first-order valence-electron chi connectivity index (χ1n) is 6.96. The summed E-state index contributed by atoms with van der Waals surface area (Å²) in [7, 11) is 0. The number of nitrogens with two attached hydrogens (primary N) is 1. The molecular weight excluding hydrogens is 256 g/mol. The molecule has 0 bridgehead atoms. The maximum atomic E-state index is 12.5. The van der Waals surface area contributed by atoms with Crippen molar-refractivity contribution in [2.45, 2.75) is 32.2 Å². The first-order chi connectivity index (χ1) is 9.63. The van der Waals surface area contributed by atoms with Crippen molar-refractivity contribution >= 4 is 17.6 Å². The molecule has 1 aromatic carbocycles. The second-order valence-electron chi connectivity index (χ2n) is 4.88. The van der Waals surface area contributed by atoms with E-state index in [-0.39, 0.29) is 11.9 Å². The normalized spacial score (nSPS) is 18.6. The molecule has 1 saturated heterocycles. The van der Waals surface area contributed by atoms with E-state index in [9.17, 15) is 9.59 Å². The summed E-state index contributed by atoms with van der Waals surface area (Å²) in [4.78, 5) is 26.1. The summed E-state index contributed by atoms with van der Waals surface area (Å²) >= 11 is 0. The number of carbonyl (C=O) groups excluding carboxylic acids is 2. The lowest BCUT2D eigenvalue weighted by Gasteiger charge is -2.34. The Morgan fingerprint density at radius 3 is 2.65 bits per heavy atom. The average Bonchev–Trinajstić information content (AvgIpc) is 2.47. The van der Waals surface area contributed by atoms with Crippen LogP contribution in [0.25, 0.3) is 0 Å². The first kappa shape index (κ1) is 14.4. The molecule has 5 heteroatoms. The van der Waals surface area contributed by atoms with E-state index < -0.39 is 6.04 Å². The van der Waals surface area contributed by atoms with Crippen molar-refractivity contribution in [1.29, 1.82) is 0 Å². The Kier molecular flexibility index (Phi) is 4.61. The highest BCUT2D eigenvalue weighted by Crippen LogP contribution is 2.21. The molecular formula is C15H20N2O3. The third kappa shape index (κ3) is 3.10. The van der Waals surface area contributed by atoms with E-state index in [1.54, 1.807) is 36.1 Å². The molecule has 2 rings (SSSR count). The van der Waals surface area contributed by atoms with Crippen molar-refractivity contribution in [1.82, 2.24) is 4.90 Å². The van der Waals surface area contributed by atoms with Crippen LogP contribution >= 0.6 is 0 Å². The Hall–Kier alpha value is -2.04. The minimum Gasteiger partial charge on any atom is -0.464 e. The molecule has 1 aliphatic heterocycles. The van der Waals surface area contributed by atoms with Gasteiger partial charge in [-0.05, 0) is 50.5 Å². The number of likely N-dealkylation sites (tertiary alicyclic amines) is 1. The van der Waals surface area contributed by atoms with Crippen molar-refractivity contribution in [3.63, 3.8) is 0 Å². The molecule has 1 aliphatic rings. The van der Waals surface area contributed by atoms with E-state index in [1.165, 1.54) is 0 Å². The molecule has 1 atom stereocenters. The molecule has 1 fully saturated rings. The van der Waals surface area contributed by atoms with Crippen molar-refractivity contribution in [3.8, 4) is 0 Å². The van der Waals surface area contributed by atoms with Crippen LogP contribution in [0.5, 0.6) is 0 Å². The van der Waals surface area contributed by atoms with Gasteiger partial charge in [-0.25, -0.2) is 4.79 Å². The highest BCUT2D eigenvalue weighted by molar-refractivity contribution is 5.97. The second kappa shape index (κ2) is 6.41. The Balaban J connectivity index is 2.16. The molecule has 0 spiro atoms. The molecule has 0 aliphatic carbocycles. The van der Waals surface area contributed by atoms with Gasteiger partial charge in [0.15, 0.2) is 0 Å². The van der Waals surface area contributed by atoms with Gasteiger partial charge in [-0.1, -0.05) is 0 Å². The fourth-order valence-corrected chi connectivity index (χ4v) is 2.45. The second-order valence-corrected chi connectivity index (χ2v) is 4.88. The van der Waals surface area contributed by atoms with E-state index >= 15 is 0 Å². The van der Waals surface area contributed by atoms with Gasteiger partial charge in [0.1, 0.15) is 6.04 Å². The Morgan fingerprint density at radius 1 is 1.30 bits per heavy atom. The number of nitrogens with zero attached hydrogens (tertiary/aromatic N) is 1. The summed E-state index contributed by atoms with van der Waals surface area (Å²) in [6.07, 6.45) is 2.52. The maximum absolute atomic E-state index is 12.5. The molecule has 1 heterocycles. The fraction of sp³-hybridized carbons (Fsp3) is 0.467. The lowest BCUT2D eigenvalue weighted by molar-refractivity contribution is -0.149. The van der Waals surface area contributed by atoms with E-state index in [4.69, 9.17) is 10.5 Å². The smallest absolute Gasteiger partial charge is 0.328 e. The molecule has 1 unspecified atom stereocenters. The van der Waals surface area contributed by atoms with Gasteiger partial charge in [-0.2, -0.15) is 0 Å². The molecule has 1 aromatic rings. The zero-order chi connectivity index (χ0) is 14.5. The van der Waals surface area contributed by atoms with Gasteiger partial charge in [0.05, 0.1) is 6.61 Å². The third-order valence-electron chi connectivity index (χ3n) is 3.48. The largest absolute Gasteiger partial charge is 0.464 e. The third-order valence-corrected chi connectivity index (χ3v) is 3.48. The Labute approximate surface area is 118 Å². The van der Waals surface area contributed by atoms with E-state index in [1.807, 2.05) is 0 Å². The number of benzene rings is 1. The zero-order valence-corrected chi connectivity index (χ0v) is 11.7.